The summed E-state index contributed by atoms with van der Waals surface area (Å²) in [5, 5.41) is 4.40. The predicted molar refractivity (Wildman–Crippen MR) is 169 cm³/mol. The van der Waals surface area contributed by atoms with Crippen molar-refractivity contribution < 1.29 is 19.1 Å². The van der Waals surface area contributed by atoms with Gasteiger partial charge in [0.25, 0.3) is 5.91 Å². The molecule has 218 valence electrons. The number of ether oxygens (including phenoxy) is 2. The number of halogens is 1. The van der Waals surface area contributed by atoms with E-state index >= 15 is 0 Å². The zero-order valence-corrected chi connectivity index (χ0v) is 25.2. The minimum absolute atomic E-state index is 0.0821. The molecule has 2 amide bonds. The third kappa shape index (κ3) is 5.81. The number of nitrogens with one attached hydrogen (secondary N) is 2. The van der Waals surface area contributed by atoms with Crippen LogP contribution in [0.2, 0.25) is 5.02 Å². The molecule has 0 fully saturated rings. The molecule has 7 nitrogen and oxygen atoms in total. The molecule has 1 atom stereocenters. The van der Waals surface area contributed by atoms with Crippen LogP contribution in [-0.4, -0.2) is 34.5 Å². The number of H-pyrrole nitrogens is 1. The summed E-state index contributed by atoms with van der Waals surface area (Å²) in [5.74, 6) is 1.00. The normalized spacial score (nSPS) is 13.6. The molecule has 0 aliphatic carbocycles. The first-order valence-corrected chi connectivity index (χ1v) is 14.4. The number of rotatable bonds is 6. The van der Waals surface area contributed by atoms with Crippen LogP contribution < -0.4 is 14.8 Å². The van der Waals surface area contributed by atoms with Gasteiger partial charge in [-0.2, -0.15) is 0 Å². The van der Waals surface area contributed by atoms with Crippen molar-refractivity contribution in [1.29, 1.82) is 0 Å². The number of nitrogens with zero attached hydrogens (tertiary/aromatic N) is 1. The largest absolute Gasteiger partial charge is 0.496 e. The molecule has 8 heteroatoms. The van der Waals surface area contributed by atoms with Crippen LogP contribution in [0.15, 0.2) is 91.0 Å². The van der Waals surface area contributed by atoms with Crippen LogP contribution in [0.5, 0.6) is 11.5 Å². The molecule has 1 aliphatic rings. The van der Waals surface area contributed by atoms with Crippen LogP contribution >= 0.6 is 11.6 Å². The molecule has 43 heavy (non-hydrogen) atoms. The Balaban J connectivity index is 1.32. The third-order valence-electron chi connectivity index (χ3n) is 7.46. The van der Waals surface area contributed by atoms with E-state index in [0.717, 1.165) is 38.9 Å². The number of para-hydroxylation sites is 1. The first-order valence-electron chi connectivity index (χ1n) is 14.0. The Morgan fingerprint density at radius 1 is 0.953 bits per heavy atom. The Morgan fingerprint density at radius 2 is 1.70 bits per heavy atom. The second-order valence-electron chi connectivity index (χ2n) is 11.7. The molecular weight excluding hydrogens is 562 g/mol. The lowest BCUT2D eigenvalue weighted by Gasteiger charge is -2.29. The van der Waals surface area contributed by atoms with Crippen LogP contribution in [0.1, 0.15) is 54.0 Å². The molecule has 5 aromatic rings. The number of carbonyl (C=O) groups excluding carboxylic acids is 2. The van der Waals surface area contributed by atoms with Gasteiger partial charge in [0.1, 0.15) is 17.5 Å². The minimum atomic E-state index is -0.510. The van der Waals surface area contributed by atoms with Gasteiger partial charge in [-0.15, -0.1) is 0 Å². The first-order chi connectivity index (χ1) is 20.6. The van der Waals surface area contributed by atoms with E-state index in [1.807, 2.05) is 92.4 Å². The summed E-state index contributed by atoms with van der Waals surface area (Å²) in [6, 6.07) is 28.3. The van der Waals surface area contributed by atoms with Gasteiger partial charge in [0.15, 0.2) is 0 Å². The van der Waals surface area contributed by atoms with Gasteiger partial charge in [0, 0.05) is 39.4 Å². The third-order valence-corrected chi connectivity index (χ3v) is 7.70. The zero-order chi connectivity index (χ0) is 30.3. The quantitative estimate of drug-likeness (QED) is 0.208. The van der Waals surface area contributed by atoms with Gasteiger partial charge in [-0.05, 0) is 91.4 Å². The average Bonchev–Trinajstić information content (AvgIpc) is 3.53. The van der Waals surface area contributed by atoms with Crippen molar-refractivity contribution in [3.8, 4) is 22.6 Å². The summed E-state index contributed by atoms with van der Waals surface area (Å²) in [6.45, 7) is 6.10. The highest BCUT2D eigenvalue weighted by Crippen LogP contribution is 2.42. The molecule has 0 saturated heterocycles. The van der Waals surface area contributed by atoms with E-state index in [1.54, 1.807) is 25.3 Å². The monoisotopic (exact) mass is 593 g/mol. The molecule has 0 spiro atoms. The fourth-order valence-electron chi connectivity index (χ4n) is 5.53. The minimum Gasteiger partial charge on any atom is -0.496 e. The SMILES string of the molecule is COc1ccc(Cl)cc1[C@H](c1cc2ccccc2[nH]1)N1Cc2ccc(-c3ccc(OC(=O)NC(C)(C)C)cc3)cc2C1=O. The number of benzene rings is 4. The highest BCUT2D eigenvalue weighted by molar-refractivity contribution is 6.30. The molecule has 1 aliphatic heterocycles. The lowest BCUT2D eigenvalue weighted by Crippen LogP contribution is -2.42. The number of amides is 2. The van der Waals surface area contributed by atoms with Crippen molar-refractivity contribution in [2.75, 3.05) is 7.11 Å². The van der Waals surface area contributed by atoms with Crippen LogP contribution in [0.4, 0.5) is 4.79 Å². The van der Waals surface area contributed by atoms with E-state index < -0.39 is 17.7 Å². The average molecular weight is 594 g/mol. The Hall–Kier alpha value is -4.75. The number of carbonyl (C=O) groups is 2. The number of methoxy groups -OCH3 is 1. The van der Waals surface area contributed by atoms with Crippen molar-refractivity contribution >= 4 is 34.5 Å². The van der Waals surface area contributed by atoms with E-state index in [-0.39, 0.29) is 5.91 Å². The molecular formula is C35H32ClN3O4. The highest BCUT2D eigenvalue weighted by atomic mass is 35.5. The number of aromatic nitrogens is 1. The number of fused-ring (bicyclic) bond motifs is 2. The van der Waals surface area contributed by atoms with E-state index in [2.05, 4.69) is 16.4 Å². The van der Waals surface area contributed by atoms with Crippen molar-refractivity contribution in [2.24, 2.45) is 0 Å². The van der Waals surface area contributed by atoms with E-state index in [0.29, 0.717) is 28.6 Å². The second kappa shape index (κ2) is 11.2. The maximum atomic E-state index is 14.1. The van der Waals surface area contributed by atoms with Gasteiger partial charge in [0.2, 0.25) is 0 Å². The topological polar surface area (TPSA) is 83.7 Å². The summed E-state index contributed by atoms with van der Waals surface area (Å²) in [4.78, 5) is 31.7. The summed E-state index contributed by atoms with van der Waals surface area (Å²) in [7, 11) is 1.62. The maximum absolute atomic E-state index is 14.1. The summed E-state index contributed by atoms with van der Waals surface area (Å²) < 4.78 is 11.1. The van der Waals surface area contributed by atoms with Crippen molar-refractivity contribution in [3.63, 3.8) is 0 Å². The fourth-order valence-corrected chi connectivity index (χ4v) is 5.71. The number of aromatic amines is 1. The Kier molecular flexibility index (Phi) is 7.36. The van der Waals surface area contributed by atoms with E-state index in [9.17, 15) is 9.59 Å². The predicted octanol–water partition coefficient (Wildman–Crippen LogP) is 8.13. The molecule has 1 aromatic heterocycles. The van der Waals surface area contributed by atoms with Crippen LogP contribution in [0, 0.1) is 0 Å². The van der Waals surface area contributed by atoms with E-state index in [4.69, 9.17) is 21.1 Å². The van der Waals surface area contributed by atoms with Crippen LogP contribution in [0.3, 0.4) is 0 Å². The van der Waals surface area contributed by atoms with Gasteiger partial charge in [0.05, 0.1) is 7.11 Å². The molecule has 6 rings (SSSR count). The molecule has 2 heterocycles. The molecule has 0 radical (unpaired) electrons. The summed E-state index contributed by atoms with van der Waals surface area (Å²) in [5.41, 5.74) is 5.64. The lowest BCUT2D eigenvalue weighted by molar-refractivity contribution is 0.0726. The van der Waals surface area contributed by atoms with Gasteiger partial charge < -0.3 is 24.7 Å². The second-order valence-corrected chi connectivity index (χ2v) is 12.1. The Morgan fingerprint density at radius 3 is 2.42 bits per heavy atom. The molecule has 0 saturated carbocycles. The fraction of sp³-hybridized carbons (Fsp3) is 0.200. The Labute approximate surface area is 255 Å². The first kappa shape index (κ1) is 28.4. The van der Waals surface area contributed by atoms with E-state index in [1.165, 1.54) is 0 Å². The van der Waals surface area contributed by atoms with Gasteiger partial charge >= 0.3 is 6.09 Å². The lowest BCUT2D eigenvalue weighted by atomic mass is 10.00. The highest BCUT2D eigenvalue weighted by Gasteiger charge is 2.37. The van der Waals surface area contributed by atoms with Gasteiger partial charge in [-0.3, -0.25) is 4.79 Å². The smallest absolute Gasteiger partial charge is 0.413 e. The zero-order valence-electron chi connectivity index (χ0n) is 24.4. The number of hydrogen-bond donors (Lipinski definition) is 2. The van der Waals surface area contributed by atoms with Gasteiger partial charge in [-0.25, -0.2) is 4.79 Å². The van der Waals surface area contributed by atoms with Crippen molar-refractivity contribution in [2.45, 2.75) is 38.9 Å². The van der Waals surface area contributed by atoms with Crippen LogP contribution in [-0.2, 0) is 6.54 Å². The van der Waals surface area contributed by atoms with Gasteiger partial charge in [-0.1, -0.05) is 54.1 Å². The van der Waals surface area contributed by atoms with Crippen molar-refractivity contribution in [1.82, 2.24) is 15.2 Å². The standard InChI is InChI=1S/C35H32ClN3O4/c1-35(2,3)38-34(41)43-26-14-11-21(12-15-26)22-9-10-24-20-39(33(40)27(24)17-22)32(28-19-25(36)13-16-31(28)42-4)30-18-23-7-5-6-8-29(23)37-30/h5-19,32,37H,20H2,1-4H3,(H,38,41)/t32-/m1/s1. The van der Waals surface area contributed by atoms with Crippen LogP contribution in [0.25, 0.3) is 22.0 Å². The summed E-state index contributed by atoms with van der Waals surface area (Å²) in [6.07, 6.45) is -0.510. The van der Waals surface area contributed by atoms with Crippen molar-refractivity contribution in [3.05, 3.63) is 118 Å². The molecule has 2 N–H and O–H groups in total. The molecule has 4 aromatic carbocycles. The molecule has 0 bridgehead atoms. The summed E-state index contributed by atoms with van der Waals surface area (Å²) >= 11 is 6.47. The molecule has 0 unspecified atom stereocenters. The number of hydrogen-bond acceptors (Lipinski definition) is 4. The maximum Gasteiger partial charge on any atom is 0.413 e. The Bertz CT molecular complexity index is 1810.